The van der Waals surface area contributed by atoms with Crippen LogP contribution in [0.2, 0.25) is 0 Å². The Hall–Kier alpha value is -1.10. The second kappa shape index (κ2) is 5.84. The number of carbonyl (C=O) groups is 2. The lowest BCUT2D eigenvalue weighted by Crippen LogP contribution is -2.44. The lowest BCUT2D eigenvalue weighted by Gasteiger charge is -2.32. The average Bonchev–Trinajstić information content (AvgIpc) is 2.27. The number of aliphatic hydroxyl groups excluding tert-OH is 1. The maximum atomic E-state index is 11.7. The number of hydrogen-bond donors (Lipinski definition) is 2. The topological polar surface area (TPSA) is 83.6 Å². The fourth-order valence-corrected chi connectivity index (χ4v) is 2.16. The van der Waals surface area contributed by atoms with Gasteiger partial charge in [0.25, 0.3) is 5.91 Å². The Morgan fingerprint density at radius 1 is 1.38 bits per heavy atom. The highest BCUT2D eigenvalue weighted by Gasteiger charge is 2.27. The van der Waals surface area contributed by atoms with Crippen LogP contribution in [0.15, 0.2) is 0 Å². The maximum Gasteiger partial charge on any atom is 0.251 e. The quantitative estimate of drug-likeness (QED) is 0.711. The van der Waals surface area contributed by atoms with Gasteiger partial charge in [-0.3, -0.25) is 9.59 Å². The van der Waals surface area contributed by atoms with Crippen molar-refractivity contribution >= 4 is 11.8 Å². The first-order valence-corrected chi connectivity index (χ1v) is 5.75. The average molecular weight is 228 g/mol. The highest BCUT2D eigenvalue weighted by atomic mass is 16.3. The molecule has 5 heteroatoms. The Labute approximate surface area is 95.6 Å². The van der Waals surface area contributed by atoms with Crippen molar-refractivity contribution in [2.45, 2.75) is 50.7 Å². The molecule has 0 spiro atoms. The fourth-order valence-electron chi connectivity index (χ4n) is 2.16. The van der Waals surface area contributed by atoms with Crippen molar-refractivity contribution in [1.29, 1.82) is 0 Å². The zero-order valence-electron chi connectivity index (χ0n) is 9.69. The van der Waals surface area contributed by atoms with Gasteiger partial charge in [-0.25, -0.2) is 0 Å². The van der Waals surface area contributed by atoms with Crippen molar-refractivity contribution in [2.24, 2.45) is 5.73 Å². The van der Waals surface area contributed by atoms with Crippen molar-refractivity contribution in [2.75, 3.05) is 7.05 Å². The van der Waals surface area contributed by atoms with Crippen LogP contribution in [0.1, 0.15) is 38.5 Å². The lowest BCUT2D eigenvalue weighted by atomic mass is 9.94. The lowest BCUT2D eigenvalue weighted by molar-refractivity contribution is -0.144. The molecule has 0 aromatic carbocycles. The van der Waals surface area contributed by atoms with Gasteiger partial charge in [0, 0.05) is 13.1 Å². The summed E-state index contributed by atoms with van der Waals surface area (Å²) in [5.41, 5.74) is 4.94. The Kier molecular flexibility index (Phi) is 4.73. The van der Waals surface area contributed by atoms with Gasteiger partial charge in [-0.2, -0.15) is 0 Å². The van der Waals surface area contributed by atoms with E-state index in [0.717, 1.165) is 25.7 Å². The summed E-state index contributed by atoms with van der Waals surface area (Å²) in [5, 5.41) is 9.50. The molecule has 1 rings (SSSR count). The molecule has 0 heterocycles. The van der Waals surface area contributed by atoms with Crippen LogP contribution in [0.25, 0.3) is 0 Å². The summed E-state index contributed by atoms with van der Waals surface area (Å²) in [4.78, 5) is 23.9. The molecular weight excluding hydrogens is 208 g/mol. The second-order valence-electron chi connectivity index (χ2n) is 4.43. The number of amides is 2. The molecule has 0 aromatic heterocycles. The molecule has 0 bridgehead atoms. The number of primary amides is 1. The third-order valence-corrected chi connectivity index (χ3v) is 3.15. The molecule has 1 unspecified atom stereocenters. The van der Waals surface area contributed by atoms with Gasteiger partial charge in [0.15, 0.2) is 0 Å². The summed E-state index contributed by atoms with van der Waals surface area (Å²) in [5.74, 6) is -1.05. The van der Waals surface area contributed by atoms with Crippen LogP contribution in [-0.2, 0) is 9.59 Å². The Balaban J connectivity index is 2.48. The van der Waals surface area contributed by atoms with E-state index in [-0.39, 0.29) is 12.5 Å². The van der Waals surface area contributed by atoms with Crippen molar-refractivity contribution < 1.29 is 14.7 Å². The van der Waals surface area contributed by atoms with E-state index in [1.54, 1.807) is 11.9 Å². The monoisotopic (exact) mass is 228 g/mol. The molecule has 1 aliphatic carbocycles. The van der Waals surface area contributed by atoms with Gasteiger partial charge < -0.3 is 15.7 Å². The number of nitrogens with zero attached hydrogens (tertiary/aromatic N) is 1. The number of carbonyl (C=O) groups excluding carboxylic acids is 2. The molecule has 2 amide bonds. The molecule has 16 heavy (non-hydrogen) atoms. The van der Waals surface area contributed by atoms with Crippen LogP contribution in [0.3, 0.4) is 0 Å². The number of likely N-dealkylation sites (N-methyl/N-ethyl adjacent to an activating group) is 1. The standard InChI is InChI=1S/C11H20N2O3/c1-13(8-5-3-2-4-6-8)11(16)9(14)7-10(12)15/h8-9,14H,2-7H2,1H3,(H2,12,15). The molecule has 0 aliphatic heterocycles. The molecule has 1 atom stereocenters. The van der Waals surface area contributed by atoms with Crippen molar-refractivity contribution in [3.8, 4) is 0 Å². The van der Waals surface area contributed by atoms with Crippen LogP contribution in [0, 0.1) is 0 Å². The van der Waals surface area contributed by atoms with Gasteiger partial charge in [0.2, 0.25) is 5.91 Å². The number of nitrogens with two attached hydrogens (primary N) is 1. The zero-order chi connectivity index (χ0) is 12.1. The summed E-state index contributed by atoms with van der Waals surface area (Å²) in [6.07, 6.45) is 3.82. The van der Waals surface area contributed by atoms with Gasteiger partial charge in [0.1, 0.15) is 6.10 Å². The minimum absolute atomic E-state index is 0.198. The van der Waals surface area contributed by atoms with Crippen LogP contribution >= 0.6 is 0 Å². The first-order chi connectivity index (χ1) is 7.52. The fraction of sp³-hybridized carbons (Fsp3) is 0.818. The van der Waals surface area contributed by atoms with E-state index in [9.17, 15) is 14.7 Å². The van der Waals surface area contributed by atoms with Crippen LogP contribution in [-0.4, -0.2) is 41.0 Å². The third kappa shape index (κ3) is 3.48. The summed E-state index contributed by atoms with van der Waals surface area (Å²) in [7, 11) is 1.68. The summed E-state index contributed by atoms with van der Waals surface area (Å²) >= 11 is 0. The van der Waals surface area contributed by atoms with Crippen LogP contribution in [0.4, 0.5) is 0 Å². The molecule has 92 valence electrons. The molecule has 1 aliphatic rings. The van der Waals surface area contributed by atoms with Crippen LogP contribution < -0.4 is 5.73 Å². The van der Waals surface area contributed by atoms with Gasteiger partial charge >= 0.3 is 0 Å². The van der Waals surface area contributed by atoms with Crippen molar-refractivity contribution in [1.82, 2.24) is 4.90 Å². The zero-order valence-corrected chi connectivity index (χ0v) is 9.69. The maximum absolute atomic E-state index is 11.7. The molecule has 1 fully saturated rings. The summed E-state index contributed by atoms with van der Waals surface area (Å²) < 4.78 is 0. The van der Waals surface area contributed by atoms with Crippen molar-refractivity contribution in [3.05, 3.63) is 0 Å². The normalized spacial score (nSPS) is 19.1. The SMILES string of the molecule is CN(C(=O)C(O)CC(N)=O)C1CCCCC1. The van der Waals surface area contributed by atoms with Gasteiger partial charge in [-0.1, -0.05) is 19.3 Å². The van der Waals surface area contributed by atoms with E-state index in [2.05, 4.69) is 0 Å². The highest BCUT2D eigenvalue weighted by Crippen LogP contribution is 2.22. The Morgan fingerprint density at radius 2 is 1.94 bits per heavy atom. The molecule has 0 radical (unpaired) electrons. The number of rotatable bonds is 4. The van der Waals surface area contributed by atoms with E-state index < -0.39 is 17.9 Å². The number of hydrogen-bond acceptors (Lipinski definition) is 3. The predicted octanol–water partition coefficient (Wildman–Crippen LogP) is 0.0138. The largest absolute Gasteiger partial charge is 0.383 e. The van der Waals surface area contributed by atoms with E-state index in [1.165, 1.54) is 6.42 Å². The van der Waals surface area contributed by atoms with Crippen LogP contribution in [0.5, 0.6) is 0 Å². The first-order valence-electron chi connectivity index (χ1n) is 5.75. The molecule has 0 aromatic rings. The Morgan fingerprint density at radius 3 is 2.44 bits per heavy atom. The Bertz CT molecular complexity index is 262. The first kappa shape index (κ1) is 13.0. The molecule has 1 saturated carbocycles. The van der Waals surface area contributed by atoms with E-state index in [0.29, 0.717) is 0 Å². The molecule has 5 nitrogen and oxygen atoms in total. The minimum atomic E-state index is -1.29. The van der Waals surface area contributed by atoms with Gasteiger partial charge in [0.05, 0.1) is 6.42 Å². The second-order valence-corrected chi connectivity index (χ2v) is 4.43. The molecular formula is C11H20N2O3. The summed E-state index contributed by atoms with van der Waals surface area (Å²) in [6, 6.07) is 0.198. The summed E-state index contributed by atoms with van der Waals surface area (Å²) in [6.45, 7) is 0. The predicted molar refractivity (Wildman–Crippen MR) is 59.5 cm³/mol. The third-order valence-electron chi connectivity index (χ3n) is 3.15. The molecule has 0 saturated heterocycles. The van der Waals surface area contributed by atoms with Gasteiger partial charge in [-0.05, 0) is 12.8 Å². The van der Waals surface area contributed by atoms with E-state index in [4.69, 9.17) is 5.73 Å². The van der Waals surface area contributed by atoms with Gasteiger partial charge in [-0.15, -0.1) is 0 Å². The smallest absolute Gasteiger partial charge is 0.251 e. The van der Waals surface area contributed by atoms with E-state index in [1.807, 2.05) is 0 Å². The highest BCUT2D eigenvalue weighted by molar-refractivity contribution is 5.86. The number of aliphatic hydroxyl groups is 1. The minimum Gasteiger partial charge on any atom is -0.383 e. The van der Waals surface area contributed by atoms with E-state index >= 15 is 0 Å². The molecule has 3 N–H and O–H groups in total. The van der Waals surface area contributed by atoms with Crippen molar-refractivity contribution in [3.63, 3.8) is 0 Å².